The van der Waals surface area contributed by atoms with Crippen molar-refractivity contribution in [3.63, 3.8) is 0 Å². The van der Waals surface area contributed by atoms with E-state index >= 15 is 0 Å². The fourth-order valence-corrected chi connectivity index (χ4v) is 1.98. The molecule has 1 saturated carbocycles. The standard InChI is InChI=1S/C14H19FN2O/c1-14(13(16)18,17-9-10-5-6-10)8-11-3-2-4-12(15)7-11/h2-4,7,10,17H,5-6,8-9H2,1H3,(H2,16,18). The zero-order valence-corrected chi connectivity index (χ0v) is 10.6. The minimum absolute atomic E-state index is 0.290. The second-order valence-electron chi connectivity index (χ2n) is 5.33. The Hall–Kier alpha value is -1.42. The molecule has 1 aliphatic carbocycles. The Labute approximate surface area is 107 Å². The fraction of sp³-hybridized carbons (Fsp3) is 0.500. The Balaban J connectivity index is 2.06. The van der Waals surface area contributed by atoms with Crippen molar-refractivity contribution in [2.75, 3.05) is 6.54 Å². The molecule has 1 fully saturated rings. The number of nitrogens with two attached hydrogens (primary N) is 1. The Bertz CT molecular complexity index is 445. The van der Waals surface area contributed by atoms with Gasteiger partial charge in [-0.25, -0.2) is 4.39 Å². The van der Waals surface area contributed by atoms with Crippen LogP contribution in [0.4, 0.5) is 4.39 Å². The van der Waals surface area contributed by atoms with Crippen LogP contribution in [0.1, 0.15) is 25.3 Å². The van der Waals surface area contributed by atoms with Gasteiger partial charge in [-0.3, -0.25) is 4.79 Å². The van der Waals surface area contributed by atoms with Crippen LogP contribution in [0.2, 0.25) is 0 Å². The molecule has 3 N–H and O–H groups in total. The summed E-state index contributed by atoms with van der Waals surface area (Å²) in [5.41, 5.74) is 5.44. The predicted octanol–water partition coefficient (Wildman–Crippen LogP) is 1.61. The van der Waals surface area contributed by atoms with Crippen LogP contribution in [0, 0.1) is 11.7 Å². The summed E-state index contributed by atoms with van der Waals surface area (Å²) in [6.45, 7) is 2.58. The number of primary amides is 1. The molecule has 0 radical (unpaired) electrons. The summed E-state index contributed by atoms with van der Waals surface area (Å²) in [6.07, 6.45) is 2.83. The van der Waals surface area contributed by atoms with E-state index in [0.29, 0.717) is 12.3 Å². The van der Waals surface area contributed by atoms with Crippen molar-refractivity contribution in [1.29, 1.82) is 0 Å². The average molecular weight is 250 g/mol. The van der Waals surface area contributed by atoms with Gasteiger partial charge >= 0.3 is 0 Å². The van der Waals surface area contributed by atoms with Crippen LogP contribution < -0.4 is 11.1 Å². The highest BCUT2D eigenvalue weighted by molar-refractivity contribution is 5.84. The molecular formula is C14H19FN2O. The SMILES string of the molecule is CC(Cc1cccc(F)c1)(NCC1CC1)C(N)=O. The molecule has 1 amide bonds. The van der Waals surface area contributed by atoms with Gasteiger partial charge in [0.05, 0.1) is 5.54 Å². The quantitative estimate of drug-likeness (QED) is 0.806. The third-order valence-corrected chi connectivity index (χ3v) is 3.47. The van der Waals surface area contributed by atoms with Gasteiger partial charge in [0.15, 0.2) is 0 Å². The molecule has 1 unspecified atom stereocenters. The number of carbonyl (C=O) groups is 1. The Kier molecular flexibility index (Phi) is 3.66. The summed E-state index contributed by atoms with van der Waals surface area (Å²) >= 11 is 0. The van der Waals surface area contributed by atoms with E-state index in [9.17, 15) is 9.18 Å². The van der Waals surface area contributed by atoms with E-state index in [1.54, 1.807) is 13.0 Å². The molecular weight excluding hydrogens is 231 g/mol. The van der Waals surface area contributed by atoms with Gasteiger partial charge in [0.1, 0.15) is 5.82 Å². The van der Waals surface area contributed by atoms with Gasteiger partial charge in [-0.05, 0) is 56.3 Å². The van der Waals surface area contributed by atoms with Crippen molar-refractivity contribution in [3.8, 4) is 0 Å². The zero-order valence-electron chi connectivity index (χ0n) is 10.6. The molecule has 1 aromatic rings. The molecule has 0 aromatic heterocycles. The molecule has 1 aromatic carbocycles. The lowest BCUT2D eigenvalue weighted by Gasteiger charge is -2.27. The number of rotatable bonds is 6. The molecule has 98 valence electrons. The maximum absolute atomic E-state index is 13.1. The number of hydrogen-bond donors (Lipinski definition) is 2. The lowest BCUT2D eigenvalue weighted by Crippen LogP contribution is -2.55. The van der Waals surface area contributed by atoms with Crippen LogP contribution in [0.15, 0.2) is 24.3 Å². The molecule has 1 aliphatic rings. The van der Waals surface area contributed by atoms with Crippen LogP contribution >= 0.6 is 0 Å². The number of nitrogens with one attached hydrogen (secondary N) is 1. The van der Waals surface area contributed by atoms with E-state index in [4.69, 9.17) is 5.73 Å². The van der Waals surface area contributed by atoms with Crippen LogP contribution in [-0.2, 0) is 11.2 Å². The predicted molar refractivity (Wildman–Crippen MR) is 68.4 cm³/mol. The largest absolute Gasteiger partial charge is 0.368 e. The monoisotopic (exact) mass is 250 g/mol. The summed E-state index contributed by atoms with van der Waals surface area (Å²) < 4.78 is 13.1. The van der Waals surface area contributed by atoms with E-state index in [-0.39, 0.29) is 5.82 Å². The van der Waals surface area contributed by atoms with Crippen molar-refractivity contribution < 1.29 is 9.18 Å². The molecule has 2 rings (SSSR count). The van der Waals surface area contributed by atoms with E-state index in [1.807, 2.05) is 6.07 Å². The van der Waals surface area contributed by atoms with Gasteiger partial charge < -0.3 is 11.1 Å². The average Bonchev–Trinajstić information content (AvgIpc) is 3.10. The first-order valence-corrected chi connectivity index (χ1v) is 6.29. The smallest absolute Gasteiger partial charge is 0.237 e. The van der Waals surface area contributed by atoms with Gasteiger partial charge in [0, 0.05) is 0 Å². The summed E-state index contributed by atoms with van der Waals surface area (Å²) in [5, 5.41) is 3.23. The lowest BCUT2D eigenvalue weighted by atomic mass is 9.91. The Morgan fingerprint density at radius 3 is 2.83 bits per heavy atom. The van der Waals surface area contributed by atoms with Crippen molar-refractivity contribution in [1.82, 2.24) is 5.32 Å². The van der Waals surface area contributed by atoms with E-state index in [2.05, 4.69) is 5.32 Å². The molecule has 0 bridgehead atoms. The molecule has 0 heterocycles. The normalized spacial score (nSPS) is 18.3. The maximum atomic E-state index is 13.1. The fourth-order valence-electron chi connectivity index (χ4n) is 1.98. The second-order valence-corrected chi connectivity index (χ2v) is 5.33. The van der Waals surface area contributed by atoms with Crippen molar-refractivity contribution >= 4 is 5.91 Å². The van der Waals surface area contributed by atoms with Crippen molar-refractivity contribution in [2.45, 2.75) is 31.7 Å². The van der Waals surface area contributed by atoms with Crippen LogP contribution in [0.3, 0.4) is 0 Å². The third-order valence-electron chi connectivity index (χ3n) is 3.47. The number of halogens is 1. The van der Waals surface area contributed by atoms with Crippen molar-refractivity contribution in [3.05, 3.63) is 35.6 Å². The minimum atomic E-state index is -0.809. The van der Waals surface area contributed by atoms with Crippen LogP contribution in [0.5, 0.6) is 0 Å². The van der Waals surface area contributed by atoms with Gasteiger partial charge in [-0.1, -0.05) is 12.1 Å². The highest BCUT2D eigenvalue weighted by Gasteiger charge is 2.33. The van der Waals surface area contributed by atoms with E-state index in [0.717, 1.165) is 12.1 Å². The Morgan fingerprint density at radius 2 is 2.28 bits per heavy atom. The molecule has 3 nitrogen and oxygen atoms in total. The summed E-state index contributed by atoms with van der Waals surface area (Å²) in [6, 6.07) is 6.29. The first-order chi connectivity index (χ1) is 8.49. The Morgan fingerprint density at radius 1 is 1.56 bits per heavy atom. The lowest BCUT2D eigenvalue weighted by molar-refractivity contribution is -0.123. The molecule has 0 aliphatic heterocycles. The topological polar surface area (TPSA) is 55.1 Å². The maximum Gasteiger partial charge on any atom is 0.237 e. The van der Waals surface area contributed by atoms with E-state index in [1.165, 1.54) is 25.0 Å². The summed E-state index contributed by atoms with van der Waals surface area (Å²) in [5.74, 6) is -0.0230. The number of carbonyl (C=O) groups excluding carboxylic acids is 1. The first kappa shape index (κ1) is 13.0. The van der Waals surface area contributed by atoms with Gasteiger partial charge in [0.25, 0.3) is 0 Å². The molecule has 0 spiro atoms. The van der Waals surface area contributed by atoms with Crippen LogP contribution in [0.25, 0.3) is 0 Å². The molecule has 1 atom stereocenters. The number of amides is 1. The van der Waals surface area contributed by atoms with Gasteiger partial charge in [0.2, 0.25) is 5.91 Å². The number of hydrogen-bond acceptors (Lipinski definition) is 2. The second kappa shape index (κ2) is 5.06. The first-order valence-electron chi connectivity index (χ1n) is 6.29. The summed E-state index contributed by atoms with van der Waals surface area (Å²) in [4.78, 5) is 11.6. The highest BCUT2D eigenvalue weighted by Crippen LogP contribution is 2.28. The van der Waals surface area contributed by atoms with Crippen LogP contribution in [-0.4, -0.2) is 18.0 Å². The number of benzene rings is 1. The zero-order chi connectivity index (χ0) is 13.2. The molecule has 4 heteroatoms. The third kappa shape index (κ3) is 3.29. The van der Waals surface area contributed by atoms with Gasteiger partial charge in [-0.15, -0.1) is 0 Å². The highest BCUT2D eigenvalue weighted by atomic mass is 19.1. The minimum Gasteiger partial charge on any atom is -0.368 e. The van der Waals surface area contributed by atoms with E-state index < -0.39 is 11.4 Å². The van der Waals surface area contributed by atoms with Gasteiger partial charge in [-0.2, -0.15) is 0 Å². The van der Waals surface area contributed by atoms with Crippen molar-refractivity contribution in [2.24, 2.45) is 11.7 Å². The summed E-state index contributed by atoms with van der Waals surface area (Å²) in [7, 11) is 0. The molecule has 0 saturated heterocycles. The molecule has 18 heavy (non-hydrogen) atoms.